The molecule has 6 unspecified atom stereocenters. The van der Waals surface area contributed by atoms with Gasteiger partial charge in [-0.2, -0.15) is 0 Å². The number of carboxylic acids is 1. The summed E-state index contributed by atoms with van der Waals surface area (Å²) in [5.74, 6) is -3.36. The number of carbonyl (C=O) groups excluding carboxylic acids is 3. The number of unbranched alkanes of at least 4 members (excludes halogenated alkanes) is 15. The number of esters is 3. The van der Waals surface area contributed by atoms with Crippen LogP contribution in [0.25, 0.3) is 0 Å². The molecule has 0 saturated carbocycles. The van der Waals surface area contributed by atoms with Gasteiger partial charge in [-0.05, 0) is 109 Å². The van der Waals surface area contributed by atoms with Gasteiger partial charge in [0.05, 0.1) is 6.61 Å². The van der Waals surface area contributed by atoms with Crippen molar-refractivity contribution < 1.29 is 58.2 Å². The Balaban J connectivity index is 2.73. The fourth-order valence-electron chi connectivity index (χ4n) is 8.52. The summed E-state index contributed by atoms with van der Waals surface area (Å²) >= 11 is 0. The third kappa shape index (κ3) is 45.1. The lowest BCUT2D eigenvalue weighted by atomic mass is 9.98. The first-order chi connectivity index (χ1) is 39.6. The molecule has 81 heavy (non-hydrogen) atoms. The summed E-state index contributed by atoms with van der Waals surface area (Å²) in [7, 11) is 0. The van der Waals surface area contributed by atoms with Gasteiger partial charge < -0.3 is 39.0 Å². The first kappa shape index (κ1) is 73.9. The van der Waals surface area contributed by atoms with Gasteiger partial charge in [-0.1, -0.05) is 231 Å². The van der Waals surface area contributed by atoms with Crippen molar-refractivity contribution in [2.75, 3.05) is 13.2 Å². The van der Waals surface area contributed by atoms with E-state index >= 15 is 0 Å². The number of carbonyl (C=O) groups is 4. The number of aliphatic carboxylic acids is 1. The van der Waals surface area contributed by atoms with E-state index in [-0.39, 0.29) is 25.9 Å². The molecule has 1 aliphatic rings. The Bertz CT molecular complexity index is 1920. The SMILES string of the molecule is CC/C=C\C/C=C\C/C=C\C/C=C\C/C=C\C/C=C\CCC(=O)OCC(COC1OC(C(=O)O)C(O)C(O)C1OC(=O)CCCCCCCCCCC/C=C\CCCCCCCC)OC(=O)CC/C=C\C/C=C\C/C=C\C/C=C\CC. The lowest BCUT2D eigenvalue weighted by Crippen LogP contribution is -2.61. The van der Waals surface area contributed by atoms with Crippen molar-refractivity contribution in [3.63, 3.8) is 0 Å². The fourth-order valence-corrected chi connectivity index (χ4v) is 8.52. The first-order valence-electron chi connectivity index (χ1n) is 31.2. The number of hydrogen-bond donors (Lipinski definition) is 3. The average Bonchev–Trinajstić information content (AvgIpc) is 3.45. The molecule has 12 nitrogen and oxygen atoms in total. The highest BCUT2D eigenvalue weighted by Gasteiger charge is 2.50. The molecular formula is C69H108O12. The van der Waals surface area contributed by atoms with E-state index in [4.69, 9.17) is 23.7 Å². The summed E-state index contributed by atoms with van der Waals surface area (Å²) in [5, 5.41) is 31.5. The fraction of sp³-hybridized carbons (Fsp3) is 0.623. The molecular weight excluding hydrogens is 1020 g/mol. The highest BCUT2D eigenvalue weighted by molar-refractivity contribution is 5.74. The highest BCUT2D eigenvalue weighted by atomic mass is 16.7. The van der Waals surface area contributed by atoms with Gasteiger partial charge in [-0.3, -0.25) is 14.4 Å². The average molecular weight is 1130 g/mol. The predicted molar refractivity (Wildman–Crippen MR) is 330 cm³/mol. The van der Waals surface area contributed by atoms with Gasteiger partial charge in [0.2, 0.25) is 0 Å². The summed E-state index contributed by atoms with van der Waals surface area (Å²) in [6.07, 6.45) is 65.9. The number of carboxylic acid groups (broad SMARTS) is 1. The minimum Gasteiger partial charge on any atom is -0.479 e. The molecule has 3 N–H and O–H groups in total. The van der Waals surface area contributed by atoms with E-state index in [0.717, 1.165) is 83.5 Å². The van der Waals surface area contributed by atoms with Crippen LogP contribution < -0.4 is 0 Å². The minimum absolute atomic E-state index is 0.0189. The van der Waals surface area contributed by atoms with Gasteiger partial charge in [0, 0.05) is 19.3 Å². The molecule has 1 fully saturated rings. The Morgan fingerprint density at radius 2 is 0.802 bits per heavy atom. The monoisotopic (exact) mass is 1130 g/mol. The second kappa shape index (κ2) is 55.4. The molecule has 0 aliphatic carbocycles. The molecule has 0 aromatic heterocycles. The third-order valence-electron chi connectivity index (χ3n) is 13.2. The number of ether oxygens (including phenoxy) is 5. The van der Waals surface area contributed by atoms with Crippen molar-refractivity contribution in [3.8, 4) is 0 Å². The Hall–Kier alpha value is -5.14. The van der Waals surface area contributed by atoms with Crippen molar-refractivity contribution >= 4 is 23.9 Å². The molecule has 1 heterocycles. The zero-order chi connectivity index (χ0) is 58.9. The lowest BCUT2D eigenvalue weighted by Gasteiger charge is -2.40. The number of hydrogen-bond acceptors (Lipinski definition) is 11. The highest BCUT2D eigenvalue weighted by Crippen LogP contribution is 2.26. The predicted octanol–water partition coefficient (Wildman–Crippen LogP) is 16.6. The minimum atomic E-state index is -1.93. The summed E-state index contributed by atoms with van der Waals surface area (Å²) in [6.45, 7) is 5.63. The van der Waals surface area contributed by atoms with Crippen LogP contribution in [0, 0.1) is 0 Å². The largest absolute Gasteiger partial charge is 0.479 e. The molecule has 0 aromatic carbocycles. The van der Waals surface area contributed by atoms with Gasteiger partial charge in [-0.25, -0.2) is 4.79 Å². The number of aliphatic hydroxyl groups is 2. The maximum absolute atomic E-state index is 13.1. The molecule has 0 radical (unpaired) electrons. The molecule has 0 aromatic rings. The van der Waals surface area contributed by atoms with Crippen LogP contribution in [0.1, 0.15) is 226 Å². The zero-order valence-corrected chi connectivity index (χ0v) is 50.2. The maximum atomic E-state index is 13.1. The number of rotatable bonds is 51. The molecule has 0 bridgehead atoms. The molecule has 0 spiro atoms. The summed E-state index contributed by atoms with van der Waals surface area (Å²) in [6, 6.07) is 0. The number of allylic oxidation sites excluding steroid dienone is 22. The molecule has 1 rings (SSSR count). The second-order valence-corrected chi connectivity index (χ2v) is 20.6. The van der Waals surface area contributed by atoms with E-state index in [0.29, 0.717) is 32.1 Å². The van der Waals surface area contributed by atoms with E-state index in [1.54, 1.807) is 0 Å². The van der Waals surface area contributed by atoms with Gasteiger partial charge >= 0.3 is 23.9 Å². The smallest absolute Gasteiger partial charge is 0.335 e. The van der Waals surface area contributed by atoms with E-state index in [1.165, 1.54) is 70.6 Å². The van der Waals surface area contributed by atoms with E-state index in [2.05, 4.69) is 130 Å². The lowest BCUT2D eigenvalue weighted by molar-refractivity contribution is -0.301. The van der Waals surface area contributed by atoms with Gasteiger partial charge in [-0.15, -0.1) is 0 Å². The molecule has 0 amide bonds. The number of aliphatic hydroxyl groups excluding tert-OH is 2. The third-order valence-corrected chi connectivity index (χ3v) is 13.2. The van der Waals surface area contributed by atoms with E-state index < -0.39 is 67.3 Å². The zero-order valence-electron chi connectivity index (χ0n) is 50.2. The second-order valence-electron chi connectivity index (χ2n) is 20.6. The molecule has 12 heteroatoms. The van der Waals surface area contributed by atoms with Crippen LogP contribution in [-0.2, 0) is 42.9 Å². The van der Waals surface area contributed by atoms with Gasteiger partial charge in [0.15, 0.2) is 24.6 Å². The molecule has 6 atom stereocenters. The van der Waals surface area contributed by atoms with E-state index in [9.17, 15) is 34.5 Å². The maximum Gasteiger partial charge on any atom is 0.335 e. The molecule has 1 aliphatic heterocycles. The Morgan fingerprint density at radius 3 is 1.23 bits per heavy atom. The summed E-state index contributed by atoms with van der Waals surface area (Å²) in [4.78, 5) is 51.2. The van der Waals surface area contributed by atoms with Crippen molar-refractivity contribution in [1.29, 1.82) is 0 Å². The summed E-state index contributed by atoms with van der Waals surface area (Å²) < 4.78 is 28.3. The van der Waals surface area contributed by atoms with Gasteiger partial charge in [0.25, 0.3) is 0 Å². The van der Waals surface area contributed by atoms with E-state index in [1.807, 2.05) is 24.3 Å². The van der Waals surface area contributed by atoms with Crippen LogP contribution in [0.2, 0.25) is 0 Å². The standard InChI is InChI=1S/C69H108O12/c1-4-7-10-13-16-19-22-25-27-29-31-33-35-38-40-43-46-49-52-55-61(70)77-58-60(79-62(71)56-53-50-47-44-41-37-24-21-18-15-12-9-6-3)59-78-69-67(65(74)64(73)66(81-69)68(75)76)80-63(72)57-54-51-48-45-42-39-36-34-32-30-28-26-23-20-17-14-11-8-5-2/h7,9-10,12,16,18-19,21,25-28,31,33,37-38,40-41,46-47,49-50,60,64-67,69,73-74H,4-6,8,11,13-15,17,20,22-24,29-30,32,34-36,39,42-45,48,51-59H2,1-3H3,(H,75,76)/b10-7-,12-9-,19-16-,21-18-,27-25-,28-26-,33-31-,40-38-,41-37-,49-46-,50-47-. The summed E-state index contributed by atoms with van der Waals surface area (Å²) in [5.41, 5.74) is 0. The molecule has 1 saturated heterocycles. The van der Waals surface area contributed by atoms with Gasteiger partial charge in [0.1, 0.15) is 18.8 Å². The quantitative estimate of drug-likeness (QED) is 0.0228. The normalized spacial score (nSPS) is 18.7. The topological polar surface area (TPSA) is 175 Å². The Kier molecular flexibility index (Phi) is 50.5. The van der Waals surface area contributed by atoms with Crippen LogP contribution in [0.5, 0.6) is 0 Å². The van der Waals surface area contributed by atoms with Crippen LogP contribution in [0.15, 0.2) is 134 Å². The van der Waals surface area contributed by atoms with Crippen LogP contribution in [0.3, 0.4) is 0 Å². The van der Waals surface area contributed by atoms with Crippen molar-refractivity contribution in [2.45, 2.75) is 263 Å². The Labute approximate surface area is 490 Å². The van der Waals surface area contributed by atoms with Crippen molar-refractivity contribution in [2.24, 2.45) is 0 Å². The Morgan fingerprint density at radius 1 is 0.420 bits per heavy atom. The van der Waals surface area contributed by atoms with Crippen LogP contribution in [-0.4, -0.2) is 89.2 Å². The van der Waals surface area contributed by atoms with Crippen LogP contribution in [0.4, 0.5) is 0 Å². The van der Waals surface area contributed by atoms with Crippen molar-refractivity contribution in [3.05, 3.63) is 134 Å². The molecule has 456 valence electrons. The van der Waals surface area contributed by atoms with Crippen molar-refractivity contribution in [1.82, 2.24) is 0 Å². The first-order valence-corrected chi connectivity index (χ1v) is 31.2. The van der Waals surface area contributed by atoms with Crippen LogP contribution >= 0.6 is 0 Å².